The summed E-state index contributed by atoms with van der Waals surface area (Å²) in [6, 6.07) is 14.9. The average molecular weight is 360 g/mol. The molecule has 1 amide bonds. The maximum Gasteiger partial charge on any atom is 0.349 e. The highest BCUT2D eigenvalue weighted by Gasteiger charge is 2.14. The van der Waals surface area contributed by atoms with Crippen molar-refractivity contribution >= 4 is 27.8 Å². The van der Waals surface area contributed by atoms with Crippen molar-refractivity contribution in [2.45, 2.75) is 20.3 Å². The molecule has 2 aromatic carbocycles. The molecular weight excluding hydrogens is 340 g/mol. The molecule has 2 aromatic heterocycles. The van der Waals surface area contributed by atoms with Crippen LogP contribution in [0.5, 0.6) is 0 Å². The van der Waals surface area contributed by atoms with E-state index >= 15 is 0 Å². The molecule has 0 bridgehead atoms. The van der Waals surface area contributed by atoms with Crippen molar-refractivity contribution in [2.75, 3.05) is 6.54 Å². The van der Waals surface area contributed by atoms with Gasteiger partial charge in [-0.3, -0.25) is 4.79 Å². The third-order valence-corrected chi connectivity index (χ3v) is 4.91. The van der Waals surface area contributed by atoms with E-state index in [1.807, 2.05) is 25.1 Å². The van der Waals surface area contributed by atoms with Gasteiger partial charge in [0.2, 0.25) is 0 Å². The van der Waals surface area contributed by atoms with Crippen molar-refractivity contribution in [3.63, 3.8) is 0 Å². The number of carbonyl (C=O) groups is 1. The van der Waals surface area contributed by atoms with Crippen LogP contribution in [0.1, 0.15) is 27.2 Å². The van der Waals surface area contributed by atoms with Gasteiger partial charge in [-0.05, 0) is 43.5 Å². The topological polar surface area (TPSA) is 75.1 Å². The number of aromatic amines is 1. The van der Waals surface area contributed by atoms with Crippen molar-refractivity contribution in [1.82, 2.24) is 10.3 Å². The molecule has 0 aliphatic carbocycles. The number of benzene rings is 2. The van der Waals surface area contributed by atoms with Gasteiger partial charge in [-0.2, -0.15) is 0 Å². The molecule has 136 valence electrons. The van der Waals surface area contributed by atoms with E-state index in [9.17, 15) is 9.59 Å². The zero-order valence-electron chi connectivity index (χ0n) is 15.3. The maximum absolute atomic E-state index is 12.5. The molecule has 0 unspecified atom stereocenters. The van der Waals surface area contributed by atoms with Crippen LogP contribution in [0.15, 0.2) is 57.7 Å². The number of H-pyrrole nitrogens is 1. The van der Waals surface area contributed by atoms with Crippen molar-refractivity contribution in [3.8, 4) is 0 Å². The van der Waals surface area contributed by atoms with Gasteiger partial charge in [-0.1, -0.05) is 36.4 Å². The molecule has 0 radical (unpaired) electrons. The Labute approximate surface area is 156 Å². The van der Waals surface area contributed by atoms with E-state index in [2.05, 4.69) is 29.4 Å². The molecule has 2 heterocycles. The quantitative estimate of drug-likeness (QED) is 0.543. The second-order valence-electron chi connectivity index (χ2n) is 6.72. The SMILES string of the molecule is Cc1[nH]c2c(C)cccc2c1CCNC(=O)c1cc2ccccc2oc1=O. The highest BCUT2D eigenvalue weighted by molar-refractivity contribution is 5.96. The molecule has 0 aliphatic rings. The molecule has 0 aliphatic heterocycles. The third kappa shape index (κ3) is 3.12. The zero-order chi connectivity index (χ0) is 19.0. The summed E-state index contributed by atoms with van der Waals surface area (Å²) in [6.07, 6.45) is 0.680. The zero-order valence-corrected chi connectivity index (χ0v) is 15.3. The summed E-state index contributed by atoms with van der Waals surface area (Å²) < 4.78 is 5.23. The molecule has 5 nitrogen and oxygen atoms in total. The third-order valence-electron chi connectivity index (χ3n) is 4.91. The first kappa shape index (κ1) is 17.1. The lowest BCUT2D eigenvalue weighted by molar-refractivity contribution is 0.0950. The first-order valence-corrected chi connectivity index (χ1v) is 8.92. The van der Waals surface area contributed by atoms with Crippen LogP contribution in [-0.2, 0) is 6.42 Å². The minimum atomic E-state index is -0.620. The molecule has 2 N–H and O–H groups in total. The molecule has 0 fully saturated rings. The monoisotopic (exact) mass is 360 g/mol. The van der Waals surface area contributed by atoms with Gasteiger partial charge in [0.1, 0.15) is 11.1 Å². The summed E-state index contributed by atoms with van der Waals surface area (Å²) in [5, 5.41) is 4.74. The fourth-order valence-electron chi connectivity index (χ4n) is 3.49. The van der Waals surface area contributed by atoms with Gasteiger partial charge in [0.15, 0.2) is 0 Å². The molecule has 4 rings (SSSR count). The Bertz CT molecular complexity index is 1220. The van der Waals surface area contributed by atoms with Gasteiger partial charge in [0.05, 0.1) is 0 Å². The number of rotatable bonds is 4. The van der Waals surface area contributed by atoms with Crippen molar-refractivity contribution in [3.05, 3.63) is 81.3 Å². The van der Waals surface area contributed by atoms with Gasteiger partial charge in [0.25, 0.3) is 5.91 Å². The smallest absolute Gasteiger partial charge is 0.349 e. The highest BCUT2D eigenvalue weighted by Crippen LogP contribution is 2.24. The fourth-order valence-corrected chi connectivity index (χ4v) is 3.49. The summed E-state index contributed by atoms with van der Waals surface area (Å²) in [5.74, 6) is -0.414. The van der Waals surface area contributed by atoms with Crippen LogP contribution in [0.3, 0.4) is 0 Å². The van der Waals surface area contributed by atoms with Gasteiger partial charge in [0, 0.05) is 28.5 Å². The Hall–Kier alpha value is -3.34. The number of hydrogen-bond acceptors (Lipinski definition) is 3. The Morgan fingerprint density at radius 3 is 2.78 bits per heavy atom. The molecule has 0 spiro atoms. The number of hydrogen-bond donors (Lipinski definition) is 2. The summed E-state index contributed by atoms with van der Waals surface area (Å²) in [4.78, 5) is 28.0. The number of amides is 1. The van der Waals surface area contributed by atoms with Gasteiger partial charge < -0.3 is 14.7 Å². The number of para-hydroxylation sites is 2. The second kappa shape index (κ2) is 6.76. The largest absolute Gasteiger partial charge is 0.422 e. The molecule has 0 saturated carbocycles. The molecule has 4 aromatic rings. The Morgan fingerprint density at radius 1 is 1.11 bits per heavy atom. The van der Waals surface area contributed by atoms with Crippen LogP contribution in [-0.4, -0.2) is 17.4 Å². The first-order chi connectivity index (χ1) is 13.0. The summed E-state index contributed by atoms with van der Waals surface area (Å²) in [5.41, 5.74) is 4.48. The van der Waals surface area contributed by atoms with E-state index < -0.39 is 11.5 Å². The number of carbonyl (C=O) groups excluding carboxylic acids is 1. The standard InChI is InChI=1S/C22H20N2O3/c1-13-6-5-8-17-16(14(2)24-20(13)17)10-11-23-21(25)18-12-15-7-3-4-9-19(15)27-22(18)26/h3-9,12,24H,10-11H2,1-2H3,(H,23,25). The maximum atomic E-state index is 12.5. The number of aromatic nitrogens is 1. The Morgan fingerprint density at radius 2 is 1.93 bits per heavy atom. The minimum absolute atomic E-state index is 0.0280. The summed E-state index contributed by atoms with van der Waals surface area (Å²) >= 11 is 0. The molecule has 5 heteroatoms. The Balaban J connectivity index is 1.52. The van der Waals surface area contributed by atoms with E-state index in [4.69, 9.17) is 4.42 Å². The van der Waals surface area contributed by atoms with Crippen molar-refractivity contribution in [1.29, 1.82) is 0 Å². The predicted octanol–water partition coefficient (Wildman–Crippen LogP) is 3.86. The van der Waals surface area contributed by atoms with Crippen LogP contribution >= 0.6 is 0 Å². The van der Waals surface area contributed by atoms with Crippen LogP contribution in [0.4, 0.5) is 0 Å². The molecular formula is C22H20N2O3. The van der Waals surface area contributed by atoms with Crippen LogP contribution in [0.2, 0.25) is 0 Å². The van der Waals surface area contributed by atoms with Gasteiger partial charge in [-0.15, -0.1) is 0 Å². The van der Waals surface area contributed by atoms with E-state index in [1.165, 1.54) is 16.5 Å². The van der Waals surface area contributed by atoms with E-state index in [0.717, 1.165) is 16.6 Å². The second-order valence-corrected chi connectivity index (χ2v) is 6.72. The molecule has 0 saturated heterocycles. The van der Waals surface area contributed by atoms with Crippen molar-refractivity contribution < 1.29 is 9.21 Å². The number of fused-ring (bicyclic) bond motifs is 2. The lowest BCUT2D eigenvalue weighted by Crippen LogP contribution is -2.30. The number of nitrogens with one attached hydrogen (secondary N) is 2. The number of aryl methyl sites for hydroxylation is 2. The van der Waals surface area contributed by atoms with E-state index in [1.54, 1.807) is 18.2 Å². The van der Waals surface area contributed by atoms with E-state index in [0.29, 0.717) is 18.5 Å². The van der Waals surface area contributed by atoms with Crippen LogP contribution < -0.4 is 10.9 Å². The minimum Gasteiger partial charge on any atom is -0.422 e. The first-order valence-electron chi connectivity index (χ1n) is 8.92. The predicted molar refractivity (Wildman–Crippen MR) is 106 cm³/mol. The molecule has 27 heavy (non-hydrogen) atoms. The fraction of sp³-hybridized carbons (Fsp3) is 0.182. The summed E-state index contributed by atoms with van der Waals surface area (Å²) in [7, 11) is 0. The van der Waals surface area contributed by atoms with Crippen LogP contribution in [0.25, 0.3) is 21.9 Å². The lowest BCUT2D eigenvalue weighted by Gasteiger charge is -2.06. The summed E-state index contributed by atoms with van der Waals surface area (Å²) in [6.45, 7) is 4.55. The van der Waals surface area contributed by atoms with Crippen LogP contribution in [0, 0.1) is 13.8 Å². The molecule has 0 atom stereocenters. The lowest BCUT2D eigenvalue weighted by atomic mass is 10.1. The van der Waals surface area contributed by atoms with Gasteiger partial charge in [-0.25, -0.2) is 4.79 Å². The van der Waals surface area contributed by atoms with Crippen molar-refractivity contribution in [2.24, 2.45) is 0 Å². The highest BCUT2D eigenvalue weighted by atomic mass is 16.4. The average Bonchev–Trinajstić information content (AvgIpc) is 2.98. The Kier molecular flexibility index (Phi) is 4.28. The normalized spacial score (nSPS) is 11.2. The van der Waals surface area contributed by atoms with Gasteiger partial charge >= 0.3 is 5.63 Å². The van der Waals surface area contributed by atoms with E-state index in [-0.39, 0.29) is 5.56 Å².